The van der Waals surface area contributed by atoms with Gasteiger partial charge >= 0.3 is 0 Å². The molecule has 1 aromatic carbocycles. The molecule has 0 bridgehead atoms. The van der Waals surface area contributed by atoms with Gasteiger partial charge in [-0.15, -0.1) is 11.8 Å². The van der Waals surface area contributed by atoms with Crippen LogP contribution in [0.2, 0.25) is 0 Å². The highest BCUT2D eigenvalue weighted by atomic mass is 32.2. The van der Waals surface area contributed by atoms with Gasteiger partial charge < -0.3 is 4.90 Å². The van der Waals surface area contributed by atoms with Crippen LogP contribution in [-0.4, -0.2) is 18.6 Å². The third kappa shape index (κ3) is 3.16. The maximum atomic E-state index is 9.43. The molecule has 2 aromatic rings. The SMILES string of the molecule is Cc1ccccc1CSc1nc2c(cc1C#N)C[NH+](C)CC2. The van der Waals surface area contributed by atoms with Crippen LogP contribution in [0.5, 0.6) is 0 Å². The molecule has 1 unspecified atom stereocenters. The summed E-state index contributed by atoms with van der Waals surface area (Å²) in [6.07, 6.45) is 1.00. The standard InChI is InChI=1S/C18H19N3S/c1-13-5-3-4-6-14(13)12-22-18-15(10-19)9-16-11-21(2)8-7-17(16)20-18/h3-6,9H,7-8,11-12H2,1-2H3/p+1. The summed E-state index contributed by atoms with van der Waals surface area (Å²) in [5, 5.41) is 10.3. The number of hydrogen-bond donors (Lipinski definition) is 1. The first kappa shape index (κ1) is 15.1. The van der Waals surface area contributed by atoms with Crippen LogP contribution in [-0.2, 0) is 18.7 Å². The minimum atomic E-state index is 0.715. The van der Waals surface area contributed by atoms with Gasteiger partial charge in [0.1, 0.15) is 17.6 Å². The number of benzene rings is 1. The molecule has 0 radical (unpaired) electrons. The second-order valence-electron chi connectivity index (χ2n) is 5.91. The van der Waals surface area contributed by atoms with Gasteiger partial charge in [0.05, 0.1) is 24.8 Å². The summed E-state index contributed by atoms with van der Waals surface area (Å²) in [5.74, 6) is 0.859. The van der Waals surface area contributed by atoms with Gasteiger partial charge in [0.25, 0.3) is 0 Å². The molecule has 22 heavy (non-hydrogen) atoms. The van der Waals surface area contributed by atoms with Crippen molar-refractivity contribution in [2.45, 2.75) is 30.7 Å². The van der Waals surface area contributed by atoms with Gasteiger partial charge in [-0.2, -0.15) is 5.26 Å². The molecular weight excluding hydrogens is 290 g/mol. The van der Waals surface area contributed by atoms with E-state index in [-0.39, 0.29) is 0 Å². The highest BCUT2D eigenvalue weighted by Crippen LogP contribution is 2.27. The van der Waals surface area contributed by atoms with E-state index in [1.165, 1.54) is 27.3 Å². The van der Waals surface area contributed by atoms with Gasteiger partial charge in [-0.25, -0.2) is 4.98 Å². The summed E-state index contributed by atoms with van der Waals surface area (Å²) in [4.78, 5) is 6.28. The zero-order valence-electron chi connectivity index (χ0n) is 13.0. The molecule has 1 aliphatic heterocycles. The van der Waals surface area contributed by atoms with Crippen molar-refractivity contribution in [3.63, 3.8) is 0 Å². The number of aromatic nitrogens is 1. The zero-order chi connectivity index (χ0) is 15.5. The molecule has 0 amide bonds. The Morgan fingerprint density at radius 1 is 1.36 bits per heavy atom. The van der Waals surface area contributed by atoms with Crippen LogP contribution in [0.4, 0.5) is 0 Å². The van der Waals surface area contributed by atoms with E-state index in [1.807, 2.05) is 6.07 Å². The first-order valence-electron chi connectivity index (χ1n) is 7.59. The van der Waals surface area contributed by atoms with Gasteiger partial charge in [0.2, 0.25) is 0 Å². The molecule has 112 valence electrons. The number of likely N-dealkylation sites (N-methyl/N-ethyl adjacent to an activating group) is 1. The second kappa shape index (κ2) is 6.51. The maximum Gasteiger partial charge on any atom is 0.114 e. The van der Waals surface area contributed by atoms with Crippen molar-refractivity contribution < 1.29 is 4.90 Å². The number of nitrogens with zero attached hydrogens (tertiary/aromatic N) is 2. The van der Waals surface area contributed by atoms with Gasteiger partial charge in [0, 0.05) is 17.7 Å². The number of pyridine rings is 1. The van der Waals surface area contributed by atoms with Crippen molar-refractivity contribution in [2.75, 3.05) is 13.6 Å². The average Bonchev–Trinajstić information content (AvgIpc) is 2.53. The van der Waals surface area contributed by atoms with Crippen molar-refractivity contribution in [1.29, 1.82) is 5.26 Å². The summed E-state index contributed by atoms with van der Waals surface area (Å²) in [6.45, 7) is 4.22. The topological polar surface area (TPSA) is 41.1 Å². The minimum Gasteiger partial charge on any atom is -0.333 e. The van der Waals surface area contributed by atoms with Gasteiger partial charge in [-0.1, -0.05) is 24.3 Å². The smallest absolute Gasteiger partial charge is 0.114 e. The van der Waals surface area contributed by atoms with E-state index >= 15 is 0 Å². The van der Waals surface area contributed by atoms with Gasteiger partial charge in [0.15, 0.2) is 0 Å². The number of nitrogens with one attached hydrogen (secondary N) is 1. The van der Waals surface area contributed by atoms with E-state index in [0.29, 0.717) is 5.56 Å². The second-order valence-corrected chi connectivity index (χ2v) is 6.87. The quantitative estimate of drug-likeness (QED) is 0.883. The van der Waals surface area contributed by atoms with E-state index < -0.39 is 0 Å². The Morgan fingerprint density at radius 3 is 2.95 bits per heavy atom. The number of fused-ring (bicyclic) bond motifs is 1. The van der Waals surface area contributed by atoms with Crippen LogP contribution in [0.15, 0.2) is 35.4 Å². The van der Waals surface area contributed by atoms with Crippen LogP contribution in [0.1, 0.15) is 27.9 Å². The summed E-state index contributed by atoms with van der Waals surface area (Å²) in [5.41, 5.74) is 5.72. The van der Waals surface area contributed by atoms with Crippen molar-refractivity contribution in [1.82, 2.24) is 4.98 Å². The van der Waals surface area contributed by atoms with E-state index in [2.05, 4.69) is 44.3 Å². The van der Waals surface area contributed by atoms with Crippen LogP contribution in [0, 0.1) is 18.3 Å². The highest BCUT2D eigenvalue weighted by Gasteiger charge is 2.20. The summed E-state index contributed by atoms with van der Waals surface area (Å²) >= 11 is 1.67. The van der Waals surface area contributed by atoms with Crippen molar-refractivity contribution >= 4 is 11.8 Å². The fraction of sp³-hybridized carbons (Fsp3) is 0.333. The van der Waals surface area contributed by atoms with Crippen LogP contribution < -0.4 is 4.90 Å². The maximum absolute atomic E-state index is 9.43. The Hall–Kier alpha value is -1.83. The highest BCUT2D eigenvalue weighted by molar-refractivity contribution is 7.98. The number of hydrogen-bond acceptors (Lipinski definition) is 3. The first-order valence-corrected chi connectivity index (χ1v) is 8.57. The average molecular weight is 310 g/mol. The Kier molecular flexibility index (Phi) is 4.47. The number of aryl methyl sites for hydroxylation is 1. The number of rotatable bonds is 3. The lowest BCUT2D eigenvalue weighted by molar-refractivity contribution is -0.895. The summed E-state index contributed by atoms with van der Waals surface area (Å²) in [7, 11) is 2.19. The third-order valence-electron chi connectivity index (χ3n) is 4.18. The summed E-state index contributed by atoms with van der Waals surface area (Å²) in [6, 6.07) is 12.8. The predicted molar refractivity (Wildman–Crippen MR) is 88.9 cm³/mol. The lowest BCUT2D eigenvalue weighted by atomic mass is 10.0. The molecule has 2 heterocycles. The largest absolute Gasteiger partial charge is 0.333 e. The lowest BCUT2D eigenvalue weighted by Gasteiger charge is -2.22. The number of nitriles is 1. The van der Waals surface area contributed by atoms with Crippen LogP contribution in [0.3, 0.4) is 0 Å². The molecule has 0 saturated heterocycles. The lowest BCUT2D eigenvalue weighted by Crippen LogP contribution is -3.08. The predicted octanol–water partition coefficient (Wildman–Crippen LogP) is 2.12. The van der Waals surface area contributed by atoms with E-state index in [4.69, 9.17) is 4.98 Å². The Bertz CT molecular complexity index is 734. The molecular formula is C18H20N3S+. The van der Waals surface area contributed by atoms with Crippen molar-refractivity contribution in [3.05, 3.63) is 58.3 Å². The van der Waals surface area contributed by atoms with Crippen molar-refractivity contribution in [2.24, 2.45) is 0 Å². The van der Waals surface area contributed by atoms with E-state index in [1.54, 1.807) is 11.8 Å². The molecule has 0 spiro atoms. The van der Waals surface area contributed by atoms with E-state index in [9.17, 15) is 5.26 Å². The van der Waals surface area contributed by atoms with Crippen LogP contribution >= 0.6 is 11.8 Å². The molecule has 0 aliphatic carbocycles. The normalized spacial score (nSPS) is 16.9. The molecule has 0 fully saturated rings. The fourth-order valence-corrected chi connectivity index (χ4v) is 3.85. The Labute approximate surface area is 136 Å². The fourth-order valence-electron chi connectivity index (χ4n) is 2.80. The van der Waals surface area contributed by atoms with Gasteiger partial charge in [-0.05, 0) is 24.1 Å². The minimum absolute atomic E-state index is 0.715. The zero-order valence-corrected chi connectivity index (χ0v) is 13.8. The monoisotopic (exact) mass is 310 g/mol. The third-order valence-corrected chi connectivity index (χ3v) is 5.22. The van der Waals surface area contributed by atoms with Gasteiger partial charge in [-0.3, -0.25) is 0 Å². The molecule has 1 N–H and O–H groups in total. The number of quaternary nitrogens is 1. The number of thioether (sulfide) groups is 1. The Balaban J connectivity index is 1.85. The Morgan fingerprint density at radius 2 is 2.18 bits per heavy atom. The first-order chi connectivity index (χ1) is 10.7. The molecule has 1 atom stereocenters. The summed E-state index contributed by atoms with van der Waals surface area (Å²) < 4.78 is 0. The molecule has 1 aliphatic rings. The molecule has 3 rings (SSSR count). The molecule has 4 heteroatoms. The molecule has 1 aromatic heterocycles. The van der Waals surface area contributed by atoms with Crippen molar-refractivity contribution in [3.8, 4) is 6.07 Å². The van der Waals surface area contributed by atoms with E-state index in [0.717, 1.165) is 30.3 Å². The molecule has 3 nitrogen and oxygen atoms in total. The van der Waals surface area contributed by atoms with Crippen LogP contribution in [0.25, 0.3) is 0 Å². The molecule has 0 saturated carbocycles.